The van der Waals surface area contributed by atoms with Crippen molar-refractivity contribution >= 4 is 22.9 Å². The number of aryl methyl sites for hydroxylation is 2. The van der Waals surface area contributed by atoms with Crippen LogP contribution in [0.4, 0.5) is 5.95 Å². The van der Waals surface area contributed by atoms with Crippen molar-refractivity contribution in [1.29, 1.82) is 0 Å². The number of fused-ring (bicyclic) bond motifs is 1. The molecule has 0 radical (unpaired) electrons. The van der Waals surface area contributed by atoms with Gasteiger partial charge in [0.25, 0.3) is 0 Å². The van der Waals surface area contributed by atoms with E-state index in [2.05, 4.69) is 27.3 Å². The number of aromatic nitrogens is 4. The van der Waals surface area contributed by atoms with Gasteiger partial charge in [-0.15, -0.1) is 16.4 Å². The SMILES string of the molecule is CCc1cnc(CNc2nc3ccc(C)cn3n2)s1. The van der Waals surface area contributed by atoms with Crippen LogP contribution in [-0.4, -0.2) is 19.6 Å². The maximum absolute atomic E-state index is 4.41. The smallest absolute Gasteiger partial charge is 0.243 e. The Morgan fingerprint density at radius 2 is 2.26 bits per heavy atom. The third-order valence-electron chi connectivity index (χ3n) is 2.83. The maximum atomic E-state index is 4.41. The molecule has 0 fully saturated rings. The Morgan fingerprint density at radius 3 is 3.05 bits per heavy atom. The van der Waals surface area contributed by atoms with E-state index in [1.807, 2.05) is 31.5 Å². The fraction of sp³-hybridized carbons (Fsp3) is 0.308. The molecule has 0 aliphatic carbocycles. The highest BCUT2D eigenvalue weighted by molar-refractivity contribution is 7.11. The molecule has 0 amide bonds. The van der Waals surface area contributed by atoms with E-state index in [0.717, 1.165) is 22.6 Å². The van der Waals surface area contributed by atoms with Gasteiger partial charge in [0.15, 0.2) is 5.65 Å². The molecular formula is C13H15N5S. The lowest BCUT2D eigenvalue weighted by Crippen LogP contribution is -2.00. The Balaban J connectivity index is 1.74. The summed E-state index contributed by atoms with van der Waals surface area (Å²) in [5, 5.41) is 8.66. The van der Waals surface area contributed by atoms with E-state index in [4.69, 9.17) is 0 Å². The van der Waals surface area contributed by atoms with Crippen LogP contribution in [0.2, 0.25) is 0 Å². The number of pyridine rings is 1. The van der Waals surface area contributed by atoms with Crippen molar-refractivity contribution in [2.75, 3.05) is 5.32 Å². The lowest BCUT2D eigenvalue weighted by atomic mass is 10.3. The Kier molecular flexibility index (Phi) is 3.16. The van der Waals surface area contributed by atoms with E-state index in [0.29, 0.717) is 12.5 Å². The van der Waals surface area contributed by atoms with Crippen LogP contribution >= 0.6 is 11.3 Å². The minimum Gasteiger partial charge on any atom is -0.346 e. The van der Waals surface area contributed by atoms with E-state index in [1.54, 1.807) is 15.9 Å². The van der Waals surface area contributed by atoms with E-state index in [9.17, 15) is 0 Å². The van der Waals surface area contributed by atoms with Crippen LogP contribution in [0.1, 0.15) is 22.4 Å². The standard InChI is InChI=1S/C13H15N5S/c1-3-10-6-14-12(19-10)7-15-13-16-11-5-4-9(2)8-18(11)17-13/h4-6,8H,3,7H2,1-2H3,(H,15,17). The first-order valence-electron chi connectivity index (χ1n) is 6.25. The molecule has 0 unspecified atom stereocenters. The highest BCUT2D eigenvalue weighted by Gasteiger charge is 2.05. The Hall–Kier alpha value is -1.95. The molecule has 19 heavy (non-hydrogen) atoms. The highest BCUT2D eigenvalue weighted by atomic mass is 32.1. The minimum atomic E-state index is 0.638. The lowest BCUT2D eigenvalue weighted by Gasteiger charge is -1.96. The summed E-state index contributed by atoms with van der Waals surface area (Å²) < 4.78 is 1.79. The highest BCUT2D eigenvalue weighted by Crippen LogP contribution is 2.14. The van der Waals surface area contributed by atoms with Gasteiger partial charge in [0, 0.05) is 17.3 Å². The van der Waals surface area contributed by atoms with Crippen LogP contribution in [0.25, 0.3) is 5.65 Å². The minimum absolute atomic E-state index is 0.638. The van der Waals surface area contributed by atoms with Crippen LogP contribution in [0, 0.1) is 6.92 Å². The van der Waals surface area contributed by atoms with Gasteiger partial charge in [-0.05, 0) is 25.0 Å². The van der Waals surface area contributed by atoms with Gasteiger partial charge in [-0.1, -0.05) is 13.0 Å². The molecule has 6 heteroatoms. The molecule has 0 aliphatic rings. The van der Waals surface area contributed by atoms with Crippen LogP contribution in [0.15, 0.2) is 24.5 Å². The Bertz CT molecular complexity index is 700. The zero-order chi connectivity index (χ0) is 13.2. The lowest BCUT2D eigenvalue weighted by molar-refractivity contribution is 0.940. The quantitative estimate of drug-likeness (QED) is 0.794. The number of nitrogens with one attached hydrogen (secondary N) is 1. The second-order valence-corrected chi connectivity index (χ2v) is 5.57. The number of anilines is 1. The van der Waals surface area contributed by atoms with Gasteiger partial charge < -0.3 is 5.32 Å². The fourth-order valence-electron chi connectivity index (χ4n) is 1.81. The molecule has 3 aromatic rings. The number of hydrogen-bond acceptors (Lipinski definition) is 5. The molecule has 3 aromatic heterocycles. The number of rotatable bonds is 4. The molecule has 3 heterocycles. The predicted molar refractivity (Wildman–Crippen MR) is 76.5 cm³/mol. The Labute approximate surface area is 115 Å². The molecule has 5 nitrogen and oxygen atoms in total. The van der Waals surface area contributed by atoms with E-state index in [-0.39, 0.29) is 0 Å². The third-order valence-corrected chi connectivity index (χ3v) is 3.97. The molecule has 3 rings (SSSR count). The molecule has 1 N–H and O–H groups in total. The molecule has 0 bridgehead atoms. The van der Waals surface area contributed by atoms with Crippen molar-refractivity contribution in [3.63, 3.8) is 0 Å². The third kappa shape index (κ3) is 2.58. The summed E-state index contributed by atoms with van der Waals surface area (Å²) in [6.07, 6.45) is 4.93. The summed E-state index contributed by atoms with van der Waals surface area (Å²) in [5.41, 5.74) is 2.01. The Morgan fingerprint density at radius 1 is 1.37 bits per heavy atom. The maximum Gasteiger partial charge on any atom is 0.243 e. The van der Waals surface area contributed by atoms with Gasteiger partial charge >= 0.3 is 0 Å². The molecule has 98 valence electrons. The summed E-state index contributed by atoms with van der Waals surface area (Å²) in [6, 6.07) is 3.99. The fourth-order valence-corrected chi connectivity index (χ4v) is 2.61. The van der Waals surface area contributed by atoms with Crippen molar-refractivity contribution in [2.24, 2.45) is 0 Å². The topological polar surface area (TPSA) is 55.1 Å². The second-order valence-electron chi connectivity index (χ2n) is 4.37. The summed E-state index contributed by atoms with van der Waals surface area (Å²) in [5.74, 6) is 0.638. The van der Waals surface area contributed by atoms with E-state index >= 15 is 0 Å². The van der Waals surface area contributed by atoms with Crippen LogP contribution in [0.3, 0.4) is 0 Å². The van der Waals surface area contributed by atoms with Gasteiger partial charge in [-0.3, -0.25) is 0 Å². The molecule has 0 spiro atoms. The van der Waals surface area contributed by atoms with Crippen molar-refractivity contribution in [2.45, 2.75) is 26.8 Å². The molecular weight excluding hydrogens is 258 g/mol. The second kappa shape index (κ2) is 4.97. The zero-order valence-corrected chi connectivity index (χ0v) is 11.7. The first kappa shape index (κ1) is 12.1. The molecule has 0 saturated heterocycles. The van der Waals surface area contributed by atoms with Gasteiger partial charge in [-0.2, -0.15) is 4.98 Å². The van der Waals surface area contributed by atoms with Crippen LogP contribution < -0.4 is 5.32 Å². The average Bonchev–Trinajstić information content (AvgIpc) is 3.01. The number of hydrogen-bond donors (Lipinski definition) is 1. The molecule has 0 saturated carbocycles. The van der Waals surface area contributed by atoms with Gasteiger partial charge in [-0.25, -0.2) is 9.50 Å². The summed E-state index contributed by atoms with van der Waals surface area (Å²) in [7, 11) is 0. The summed E-state index contributed by atoms with van der Waals surface area (Å²) in [6.45, 7) is 4.84. The largest absolute Gasteiger partial charge is 0.346 e. The van der Waals surface area contributed by atoms with Crippen LogP contribution in [0.5, 0.6) is 0 Å². The predicted octanol–water partition coefficient (Wildman–Crippen LogP) is 2.67. The molecule has 0 aromatic carbocycles. The van der Waals surface area contributed by atoms with E-state index in [1.165, 1.54) is 4.88 Å². The zero-order valence-electron chi connectivity index (χ0n) is 10.9. The van der Waals surface area contributed by atoms with Gasteiger partial charge in [0.05, 0.1) is 6.54 Å². The van der Waals surface area contributed by atoms with Crippen molar-refractivity contribution in [3.8, 4) is 0 Å². The van der Waals surface area contributed by atoms with E-state index < -0.39 is 0 Å². The normalized spacial score (nSPS) is 11.1. The van der Waals surface area contributed by atoms with Gasteiger partial charge in [0.2, 0.25) is 5.95 Å². The number of nitrogens with zero attached hydrogens (tertiary/aromatic N) is 4. The summed E-state index contributed by atoms with van der Waals surface area (Å²) in [4.78, 5) is 10.1. The molecule has 0 atom stereocenters. The van der Waals surface area contributed by atoms with Crippen molar-refractivity contribution in [3.05, 3.63) is 40.0 Å². The monoisotopic (exact) mass is 273 g/mol. The average molecular weight is 273 g/mol. The first-order valence-corrected chi connectivity index (χ1v) is 7.06. The molecule has 0 aliphatic heterocycles. The first-order chi connectivity index (χ1) is 9.24. The number of thiazole rings is 1. The van der Waals surface area contributed by atoms with Crippen molar-refractivity contribution in [1.82, 2.24) is 19.6 Å². The summed E-state index contributed by atoms with van der Waals surface area (Å²) >= 11 is 1.73. The van der Waals surface area contributed by atoms with Crippen molar-refractivity contribution < 1.29 is 0 Å². The van der Waals surface area contributed by atoms with Crippen LogP contribution in [-0.2, 0) is 13.0 Å². The van der Waals surface area contributed by atoms with Gasteiger partial charge in [0.1, 0.15) is 5.01 Å².